The number of nitrogens with zero attached hydrogens (tertiary/aromatic N) is 2. The van der Waals surface area contributed by atoms with Gasteiger partial charge in [0.25, 0.3) is 0 Å². The normalized spacial score (nSPS) is 19.5. The highest BCUT2D eigenvalue weighted by molar-refractivity contribution is 5.86. The summed E-state index contributed by atoms with van der Waals surface area (Å²) in [6.45, 7) is 5.41. The molecule has 1 atom stereocenters. The lowest BCUT2D eigenvalue weighted by molar-refractivity contribution is -0.127. The van der Waals surface area contributed by atoms with Crippen LogP contribution >= 0.6 is 0 Å². The van der Waals surface area contributed by atoms with E-state index in [-0.39, 0.29) is 19.6 Å². The van der Waals surface area contributed by atoms with Crippen LogP contribution in [0.3, 0.4) is 0 Å². The maximum atomic E-state index is 12.1. The summed E-state index contributed by atoms with van der Waals surface area (Å²) in [6.07, 6.45) is -1.72. The number of amides is 3. The van der Waals surface area contributed by atoms with E-state index in [4.69, 9.17) is 9.84 Å². The number of likely N-dealkylation sites (N-methyl/N-ethyl adjacent to an activating group) is 1. The Labute approximate surface area is 117 Å². The third kappa shape index (κ3) is 4.01. The summed E-state index contributed by atoms with van der Waals surface area (Å²) in [6, 6.07) is -0.875. The van der Waals surface area contributed by atoms with Gasteiger partial charge in [-0.3, -0.25) is 9.69 Å². The minimum atomic E-state index is -1.11. The number of carbonyl (C=O) groups is 3. The first-order valence-corrected chi connectivity index (χ1v) is 6.35. The van der Waals surface area contributed by atoms with E-state index in [1.165, 1.54) is 11.9 Å². The van der Waals surface area contributed by atoms with Crippen molar-refractivity contribution >= 4 is 18.1 Å². The van der Waals surface area contributed by atoms with Gasteiger partial charge in [-0.05, 0) is 20.8 Å². The van der Waals surface area contributed by atoms with Gasteiger partial charge in [0.1, 0.15) is 11.6 Å². The summed E-state index contributed by atoms with van der Waals surface area (Å²) in [5.74, 6) is -0.415. The fourth-order valence-electron chi connectivity index (χ4n) is 1.89. The Morgan fingerprint density at radius 1 is 1.25 bits per heavy atom. The van der Waals surface area contributed by atoms with Crippen molar-refractivity contribution in [2.24, 2.45) is 0 Å². The van der Waals surface area contributed by atoms with Crippen LogP contribution in [0, 0.1) is 0 Å². The van der Waals surface area contributed by atoms with Crippen LogP contribution in [-0.4, -0.2) is 71.3 Å². The Hall–Kier alpha value is -1.99. The molecule has 114 valence electrons. The molecule has 0 aromatic rings. The molecule has 0 aromatic heterocycles. The molecule has 1 rings (SSSR count). The van der Waals surface area contributed by atoms with E-state index in [9.17, 15) is 14.4 Å². The first-order chi connectivity index (χ1) is 9.15. The van der Waals surface area contributed by atoms with Gasteiger partial charge in [-0.1, -0.05) is 0 Å². The minimum absolute atomic E-state index is 0.0613. The van der Waals surface area contributed by atoms with Gasteiger partial charge in [-0.2, -0.15) is 0 Å². The largest absolute Gasteiger partial charge is 0.465 e. The number of nitrogens with one attached hydrogen (secondary N) is 1. The maximum absolute atomic E-state index is 12.1. The van der Waals surface area contributed by atoms with Crippen molar-refractivity contribution in [3.63, 3.8) is 0 Å². The van der Waals surface area contributed by atoms with Crippen LogP contribution < -0.4 is 5.32 Å². The predicted octanol–water partition coefficient (Wildman–Crippen LogP) is 0.332. The SMILES string of the molecule is CNC(=O)C1CN(C(=O)O)CCN1C(=O)OC(C)(C)C. The van der Waals surface area contributed by atoms with Crippen LogP contribution in [0.15, 0.2) is 0 Å². The smallest absolute Gasteiger partial charge is 0.411 e. The average molecular weight is 287 g/mol. The molecule has 1 aliphatic rings. The minimum Gasteiger partial charge on any atom is -0.465 e. The van der Waals surface area contributed by atoms with Gasteiger partial charge in [0.05, 0.1) is 6.54 Å². The zero-order valence-electron chi connectivity index (χ0n) is 12.2. The maximum Gasteiger partial charge on any atom is 0.411 e. The number of carbonyl (C=O) groups excluding carboxylic acids is 2. The summed E-state index contributed by atoms with van der Waals surface area (Å²) in [5, 5.41) is 11.4. The number of hydrogen-bond donors (Lipinski definition) is 2. The molecule has 0 aromatic carbocycles. The number of piperazine rings is 1. The molecule has 8 nitrogen and oxygen atoms in total. The Balaban J connectivity index is 2.85. The van der Waals surface area contributed by atoms with Crippen molar-refractivity contribution in [2.45, 2.75) is 32.4 Å². The molecule has 0 spiro atoms. The molecule has 0 radical (unpaired) electrons. The van der Waals surface area contributed by atoms with Crippen LogP contribution in [0.25, 0.3) is 0 Å². The summed E-state index contributed by atoms with van der Waals surface area (Å²) in [5.41, 5.74) is -0.672. The van der Waals surface area contributed by atoms with Gasteiger partial charge in [-0.25, -0.2) is 9.59 Å². The molecule has 0 saturated carbocycles. The lowest BCUT2D eigenvalue weighted by Crippen LogP contribution is -2.61. The number of ether oxygens (including phenoxy) is 1. The third-order valence-corrected chi connectivity index (χ3v) is 2.83. The molecule has 1 aliphatic heterocycles. The predicted molar refractivity (Wildman–Crippen MR) is 70.4 cm³/mol. The summed E-state index contributed by atoms with van der Waals surface area (Å²) in [4.78, 5) is 37.3. The lowest BCUT2D eigenvalue weighted by atomic mass is 10.1. The number of hydrogen-bond acceptors (Lipinski definition) is 4. The van der Waals surface area contributed by atoms with Crippen LogP contribution in [0.4, 0.5) is 9.59 Å². The monoisotopic (exact) mass is 287 g/mol. The van der Waals surface area contributed by atoms with Gasteiger partial charge in [-0.15, -0.1) is 0 Å². The van der Waals surface area contributed by atoms with E-state index >= 15 is 0 Å². The van der Waals surface area contributed by atoms with Crippen molar-refractivity contribution in [1.82, 2.24) is 15.1 Å². The van der Waals surface area contributed by atoms with E-state index in [0.717, 1.165) is 4.90 Å². The van der Waals surface area contributed by atoms with Gasteiger partial charge in [0.15, 0.2) is 0 Å². The van der Waals surface area contributed by atoms with Gasteiger partial charge in [0, 0.05) is 20.1 Å². The van der Waals surface area contributed by atoms with Gasteiger partial charge in [0.2, 0.25) is 5.91 Å². The molecule has 1 saturated heterocycles. The van der Waals surface area contributed by atoms with Crippen LogP contribution in [-0.2, 0) is 9.53 Å². The second kappa shape index (κ2) is 5.98. The Kier molecular flexibility index (Phi) is 4.80. The Morgan fingerprint density at radius 2 is 1.85 bits per heavy atom. The van der Waals surface area contributed by atoms with Gasteiger partial charge < -0.3 is 20.1 Å². The molecular weight excluding hydrogens is 266 g/mol. The van der Waals surface area contributed by atoms with Gasteiger partial charge >= 0.3 is 12.2 Å². The molecule has 1 fully saturated rings. The van der Waals surface area contributed by atoms with E-state index < -0.39 is 29.7 Å². The molecule has 0 bridgehead atoms. The molecule has 20 heavy (non-hydrogen) atoms. The van der Waals surface area contributed by atoms with Crippen molar-refractivity contribution < 1.29 is 24.2 Å². The summed E-state index contributed by atoms with van der Waals surface area (Å²) >= 11 is 0. The second-order valence-electron chi connectivity index (χ2n) is 5.53. The summed E-state index contributed by atoms with van der Waals surface area (Å²) < 4.78 is 5.24. The standard InChI is InChI=1S/C12H21N3O5/c1-12(2,3)20-11(19)15-6-5-14(10(17)18)7-8(15)9(16)13-4/h8H,5-7H2,1-4H3,(H,13,16)(H,17,18). The topological polar surface area (TPSA) is 99.2 Å². The highest BCUT2D eigenvalue weighted by Crippen LogP contribution is 2.16. The first-order valence-electron chi connectivity index (χ1n) is 6.35. The lowest BCUT2D eigenvalue weighted by Gasteiger charge is -2.39. The highest BCUT2D eigenvalue weighted by Gasteiger charge is 2.38. The molecule has 2 N–H and O–H groups in total. The molecule has 8 heteroatoms. The van der Waals surface area contributed by atoms with Crippen molar-refractivity contribution in [1.29, 1.82) is 0 Å². The Morgan fingerprint density at radius 3 is 2.30 bits per heavy atom. The quantitative estimate of drug-likeness (QED) is 0.724. The zero-order chi connectivity index (χ0) is 15.5. The van der Waals surface area contributed by atoms with E-state index in [0.29, 0.717) is 0 Å². The molecule has 1 heterocycles. The molecule has 1 unspecified atom stereocenters. The van der Waals surface area contributed by atoms with Crippen LogP contribution in [0.2, 0.25) is 0 Å². The fourth-order valence-corrected chi connectivity index (χ4v) is 1.89. The summed E-state index contributed by atoms with van der Waals surface area (Å²) in [7, 11) is 1.44. The fraction of sp³-hybridized carbons (Fsp3) is 0.750. The van der Waals surface area contributed by atoms with Crippen molar-refractivity contribution in [3.05, 3.63) is 0 Å². The molecule has 0 aliphatic carbocycles. The van der Waals surface area contributed by atoms with E-state index in [1.807, 2.05) is 0 Å². The second-order valence-corrected chi connectivity index (χ2v) is 5.53. The van der Waals surface area contributed by atoms with E-state index in [1.54, 1.807) is 20.8 Å². The van der Waals surface area contributed by atoms with Crippen molar-refractivity contribution in [3.8, 4) is 0 Å². The number of carboxylic acid groups (broad SMARTS) is 1. The van der Waals surface area contributed by atoms with Crippen molar-refractivity contribution in [2.75, 3.05) is 26.7 Å². The average Bonchev–Trinajstić information content (AvgIpc) is 2.34. The number of rotatable bonds is 1. The molecular formula is C12H21N3O5. The molecule has 3 amide bonds. The van der Waals surface area contributed by atoms with E-state index in [2.05, 4.69) is 5.32 Å². The first kappa shape index (κ1) is 16.1. The highest BCUT2D eigenvalue weighted by atomic mass is 16.6. The zero-order valence-corrected chi connectivity index (χ0v) is 12.2. The third-order valence-electron chi connectivity index (χ3n) is 2.83. The Bertz CT molecular complexity index is 404. The van der Waals surface area contributed by atoms with Crippen LogP contribution in [0.5, 0.6) is 0 Å². The van der Waals surface area contributed by atoms with Crippen LogP contribution in [0.1, 0.15) is 20.8 Å².